The van der Waals surface area contributed by atoms with Crippen molar-refractivity contribution in [3.8, 4) is 0 Å². The van der Waals surface area contributed by atoms with E-state index in [1.165, 1.54) is 6.26 Å². The Hall–Kier alpha value is -1.19. The van der Waals surface area contributed by atoms with Gasteiger partial charge in [0.1, 0.15) is 0 Å². The minimum absolute atomic E-state index is 0.100. The van der Waals surface area contributed by atoms with Crippen molar-refractivity contribution in [1.29, 1.82) is 0 Å². The van der Waals surface area contributed by atoms with E-state index in [0.717, 1.165) is 38.8 Å². The molecule has 1 saturated carbocycles. The minimum atomic E-state index is 0.100. The summed E-state index contributed by atoms with van der Waals surface area (Å²) >= 11 is 0. The summed E-state index contributed by atoms with van der Waals surface area (Å²) in [5, 5.41) is 2.84. The first-order valence-electron chi connectivity index (χ1n) is 5.62. The summed E-state index contributed by atoms with van der Waals surface area (Å²) < 4.78 is 5.37. The maximum atomic E-state index is 11.4. The van der Waals surface area contributed by atoms with Gasteiger partial charge in [-0.05, 0) is 25.7 Å². The number of ether oxygens (including phenoxy) is 1. The van der Waals surface area contributed by atoms with E-state index in [2.05, 4.69) is 11.9 Å². The minimum Gasteiger partial charge on any atom is -0.499 e. The Bertz CT molecular complexity index is 247. The summed E-state index contributed by atoms with van der Waals surface area (Å²) in [6, 6.07) is 0.514. The molecule has 0 radical (unpaired) electrons. The zero-order valence-corrected chi connectivity index (χ0v) is 8.95. The first-order valence-corrected chi connectivity index (χ1v) is 5.62. The van der Waals surface area contributed by atoms with Crippen LogP contribution in [-0.4, -0.2) is 36.2 Å². The lowest BCUT2D eigenvalue weighted by molar-refractivity contribution is 0.0764. The molecule has 2 fully saturated rings. The van der Waals surface area contributed by atoms with Crippen molar-refractivity contribution in [3.05, 3.63) is 12.8 Å². The molecule has 1 aliphatic carbocycles. The van der Waals surface area contributed by atoms with Gasteiger partial charge in [0.25, 0.3) is 0 Å². The van der Waals surface area contributed by atoms with Crippen LogP contribution in [0.25, 0.3) is 0 Å². The number of hydrogen-bond acceptors (Lipinski definition) is 2. The molecule has 1 heterocycles. The van der Waals surface area contributed by atoms with E-state index in [4.69, 9.17) is 4.74 Å². The van der Waals surface area contributed by atoms with Crippen molar-refractivity contribution in [2.24, 2.45) is 0 Å². The Morgan fingerprint density at radius 3 is 2.67 bits per heavy atom. The van der Waals surface area contributed by atoms with Crippen molar-refractivity contribution < 1.29 is 9.53 Å². The molecule has 2 aliphatic rings. The fourth-order valence-corrected chi connectivity index (χ4v) is 2.46. The van der Waals surface area contributed by atoms with Crippen LogP contribution >= 0.6 is 0 Å². The van der Waals surface area contributed by atoms with Gasteiger partial charge in [-0.1, -0.05) is 6.58 Å². The molecule has 0 spiro atoms. The smallest absolute Gasteiger partial charge is 0.317 e. The lowest BCUT2D eigenvalue weighted by atomic mass is 9.92. The topological polar surface area (TPSA) is 41.6 Å². The average molecular weight is 210 g/mol. The maximum Gasteiger partial charge on any atom is 0.317 e. The molecule has 0 bridgehead atoms. The largest absolute Gasteiger partial charge is 0.499 e. The van der Waals surface area contributed by atoms with Gasteiger partial charge >= 0.3 is 6.03 Å². The Balaban J connectivity index is 1.82. The summed E-state index contributed by atoms with van der Waals surface area (Å²) in [4.78, 5) is 13.4. The number of carbonyl (C=O) groups excluding carboxylic acids is 1. The number of rotatable bonds is 3. The van der Waals surface area contributed by atoms with Gasteiger partial charge in [0.05, 0.1) is 12.4 Å². The Kier molecular flexibility index (Phi) is 3.14. The van der Waals surface area contributed by atoms with Crippen LogP contribution in [0, 0.1) is 0 Å². The summed E-state index contributed by atoms with van der Waals surface area (Å²) in [6.07, 6.45) is 5.98. The van der Waals surface area contributed by atoms with Crippen molar-refractivity contribution in [2.75, 3.05) is 13.1 Å². The Labute approximate surface area is 90.3 Å². The highest BCUT2D eigenvalue weighted by Gasteiger charge is 2.31. The third-order valence-electron chi connectivity index (χ3n) is 3.26. The van der Waals surface area contributed by atoms with E-state index in [9.17, 15) is 4.79 Å². The molecular weight excluding hydrogens is 192 g/mol. The van der Waals surface area contributed by atoms with Crippen LogP contribution in [0.4, 0.5) is 4.79 Å². The molecule has 2 rings (SSSR count). The molecule has 2 amide bonds. The summed E-state index contributed by atoms with van der Waals surface area (Å²) in [5.74, 6) is 0. The third kappa shape index (κ3) is 2.25. The van der Waals surface area contributed by atoms with Crippen molar-refractivity contribution >= 4 is 6.03 Å². The number of amides is 2. The van der Waals surface area contributed by atoms with Crippen LogP contribution < -0.4 is 5.32 Å². The van der Waals surface area contributed by atoms with Crippen LogP contribution in [0.1, 0.15) is 25.7 Å². The lowest BCUT2D eigenvalue weighted by Crippen LogP contribution is -2.41. The highest BCUT2D eigenvalue weighted by molar-refractivity contribution is 5.76. The van der Waals surface area contributed by atoms with E-state index >= 15 is 0 Å². The van der Waals surface area contributed by atoms with Crippen molar-refractivity contribution in [2.45, 2.75) is 37.8 Å². The predicted octanol–water partition coefficient (Wildman–Crippen LogP) is 1.48. The molecule has 0 atom stereocenters. The van der Waals surface area contributed by atoms with E-state index in [1.54, 1.807) is 0 Å². The lowest BCUT2D eigenvalue weighted by Gasteiger charge is -2.33. The molecule has 1 N–H and O–H groups in total. The van der Waals surface area contributed by atoms with Crippen LogP contribution in [0.2, 0.25) is 0 Å². The Morgan fingerprint density at radius 1 is 1.40 bits per heavy atom. The van der Waals surface area contributed by atoms with Gasteiger partial charge < -0.3 is 15.0 Å². The molecule has 84 valence electrons. The molecule has 0 unspecified atom stereocenters. The molecule has 0 aromatic heterocycles. The molecule has 0 aromatic carbocycles. The second kappa shape index (κ2) is 4.55. The third-order valence-corrected chi connectivity index (χ3v) is 3.26. The quantitative estimate of drug-likeness (QED) is 0.717. The van der Waals surface area contributed by atoms with Gasteiger partial charge in [0.15, 0.2) is 0 Å². The first kappa shape index (κ1) is 10.3. The summed E-state index contributed by atoms with van der Waals surface area (Å²) in [5.41, 5.74) is 0. The highest BCUT2D eigenvalue weighted by Crippen LogP contribution is 2.25. The van der Waals surface area contributed by atoms with Crippen molar-refractivity contribution in [3.63, 3.8) is 0 Å². The fourth-order valence-electron chi connectivity index (χ4n) is 2.46. The molecule has 15 heavy (non-hydrogen) atoms. The number of urea groups is 1. The van der Waals surface area contributed by atoms with E-state index < -0.39 is 0 Å². The summed E-state index contributed by atoms with van der Waals surface area (Å²) in [7, 11) is 0. The summed E-state index contributed by atoms with van der Waals surface area (Å²) in [6.45, 7) is 5.22. The van der Waals surface area contributed by atoms with Crippen LogP contribution in [0.5, 0.6) is 0 Å². The number of nitrogens with zero attached hydrogens (tertiary/aromatic N) is 1. The van der Waals surface area contributed by atoms with Crippen LogP contribution in [0.15, 0.2) is 12.8 Å². The van der Waals surface area contributed by atoms with Gasteiger partial charge in [-0.25, -0.2) is 4.79 Å². The molecule has 4 heteroatoms. The van der Waals surface area contributed by atoms with E-state index in [-0.39, 0.29) is 6.03 Å². The number of carbonyl (C=O) groups is 1. The predicted molar refractivity (Wildman–Crippen MR) is 57.4 cm³/mol. The van der Waals surface area contributed by atoms with E-state index in [1.807, 2.05) is 4.90 Å². The van der Waals surface area contributed by atoms with Gasteiger partial charge in [0.2, 0.25) is 0 Å². The highest BCUT2D eigenvalue weighted by atomic mass is 16.5. The standard InChI is InChI=1S/C11H18N2O2/c1-2-15-10-5-3-9(4-6-10)13-8-7-12-11(13)14/h2,9-10H,1,3-8H2,(H,12,14). The molecule has 1 aliphatic heterocycles. The van der Waals surface area contributed by atoms with Gasteiger partial charge in [-0.3, -0.25) is 0 Å². The fraction of sp³-hybridized carbons (Fsp3) is 0.727. The maximum absolute atomic E-state index is 11.4. The monoisotopic (exact) mass is 210 g/mol. The molecule has 4 nitrogen and oxygen atoms in total. The normalized spacial score (nSPS) is 31.2. The Morgan fingerprint density at radius 2 is 2.13 bits per heavy atom. The molecule has 1 saturated heterocycles. The van der Waals surface area contributed by atoms with E-state index in [0.29, 0.717) is 12.1 Å². The second-order valence-corrected chi connectivity index (χ2v) is 4.16. The zero-order chi connectivity index (χ0) is 10.7. The van der Waals surface area contributed by atoms with Crippen LogP contribution in [0.3, 0.4) is 0 Å². The van der Waals surface area contributed by atoms with Gasteiger partial charge in [0, 0.05) is 19.1 Å². The van der Waals surface area contributed by atoms with Gasteiger partial charge in [-0.2, -0.15) is 0 Å². The second-order valence-electron chi connectivity index (χ2n) is 4.16. The SMILES string of the molecule is C=COC1CCC(N2CCNC2=O)CC1. The van der Waals surface area contributed by atoms with Crippen LogP contribution in [-0.2, 0) is 4.74 Å². The molecular formula is C11H18N2O2. The number of hydrogen-bond donors (Lipinski definition) is 1. The molecule has 0 aromatic rings. The average Bonchev–Trinajstić information content (AvgIpc) is 2.66. The van der Waals surface area contributed by atoms with Gasteiger partial charge in [-0.15, -0.1) is 0 Å². The number of nitrogens with one attached hydrogen (secondary N) is 1. The zero-order valence-electron chi connectivity index (χ0n) is 8.95. The van der Waals surface area contributed by atoms with Crippen molar-refractivity contribution in [1.82, 2.24) is 10.2 Å². The first-order chi connectivity index (χ1) is 7.31.